The molecular weight excluding hydrogens is 312 g/mol. The van der Waals surface area contributed by atoms with E-state index in [0.29, 0.717) is 0 Å². The molecule has 4 heteroatoms. The maximum absolute atomic E-state index is 6.61. The van der Waals surface area contributed by atoms with Crippen molar-refractivity contribution in [1.82, 2.24) is 10.2 Å². The van der Waals surface area contributed by atoms with Crippen LogP contribution >= 0.6 is 0 Å². The van der Waals surface area contributed by atoms with Crippen molar-refractivity contribution in [3.63, 3.8) is 0 Å². The van der Waals surface area contributed by atoms with Crippen molar-refractivity contribution in [2.45, 2.75) is 59.0 Å². The Morgan fingerprint density at radius 3 is 2.52 bits per heavy atom. The van der Waals surface area contributed by atoms with E-state index in [4.69, 9.17) is 9.47 Å². The molecule has 140 valence electrons. The highest BCUT2D eigenvalue weighted by Gasteiger charge is 2.34. The van der Waals surface area contributed by atoms with Gasteiger partial charge in [0.15, 0.2) is 0 Å². The van der Waals surface area contributed by atoms with Crippen molar-refractivity contribution in [2.75, 3.05) is 39.8 Å². The summed E-state index contributed by atoms with van der Waals surface area (Å²) in [6.07, 6.45) is 4.51. The standard InChI is InChI=1S/C21H34N2O2/c1-15-16(2)20-18(17(3)19(15)24-5)7-9-21(4,25-20)8-6-12-23-13-10-22-11-14-23/h22H,6-14H2,1-5H3. The summed E-state index contributed by atoms with van der Waals surface area (Å²) in [5, 5.41) is 3.42. The number of hydrogen-bond donors (Lipinski definition) is 1. The zero-order valence-electron chi connectivity index (χ0n) is 16.6. The second kappa shape index (κ2) is 7.55. The lowest BCUT2D eigenvalue weighted by Gasteiger charge is -2.39. The number of hydrogen-bond acceptors (Lipinski definition) is 4. The van der Waals surface area contributed by atoms with E-state index in [1.807, 2.05) is 0 Å². The van der Waals surface area contributed by atoms with Crippen LogP contribution in [0.2, 0.25) is 0 Å². The molecule has 2 heterocycles. The zero-order valence-corrected chi connectivity index (χ0v) is 16.6. The molecule has 0 radical (unpaired) electrons. The summed E-state index contributed by atoms with van der Waals surface area (Å²) in [7, 11) is 1.77. The van der Waals surface area contributed by atoms with Crippen LogP contribution < -0.4 is 14.8 Å². The molecule has 0 spiro atoms. The molecule has 1 aromatic carbocycles. The first-order valence-electron chi connectivity index (χ1n) is 9.74. The van der Waals surface area contributed by atoms with E-state index in [1.165, 1.54) is 48.3 Å². The van der Waals surface area contributed by atoms with E-state index in [0.717, 1.165) is 43.9 Å². The molecule has 0 aliphatic carbocycles. The fourth-order valence-corrected chi connectivity index (χ4v) is 4.38. The van der Waals surface area contributed by atoms with Gasteiger partial charge in [0, 0.05) is 31.7 Å². The number of rotatable bonds is 5. The van der Waals surface area contributed by atoms with Crippen LogP contribution in [-0.4, -0.2) is 50.3 Å². The van der Waals surface area contributed by atoms with Crippen molar-refractivity contribution < 1.29 is 9.47 Å². The average molecular weight is 347 g/mol. The molecule has 1 saturated heterocycles. The Morgan fingerprint density at radius 1 is 1.12 bits per heavy atom. The number of nitrogens with zero attached hydrogens (tertiary/aromatic N) is 1. The molecule has 2 aliphatic heterocycles. The van der Waals surface area contributed by atoms with Gasteiger partial charge in [0.25, 0.3) is 0 Å². The lowest BCUT2D eigenvalue weighted by molar-refractivity contribution is 0.0492. The molecule has 1 aromatic rings. The highest BCUT2D eigenvalue weighted by Crippen LogP contribution is 2.44. The fourth-order valence-electron chi connectivity index (χ4n) is 4.38. The van der Waals surface area contributed by atoms with Crippen molar-refractivity contribution in [2.24, 2.45) is 0 Å². The lowest BCUT2D eigenvalue weighted by atomic mass is 9.85. The van der Waals surface area contributed by atoms with Gasteiger partial charge in [-0.2, -0.15) is 0 Å². The minimum Gasteiger partial charge on any atom is -0.496 e. The molecule has 0 bridgehead atoms. The van der Waals surface area contributed by atoms with E-state index < -0.39 is 0 Å². The Labute approximate surface area is 152 Å². The van der Waals surface area contributed by atoms with Crippen LogP contribution in [0.25, 0.3) is 0 Å². The Kier molecular flexibility index (Phi) is 5.59. The van der Waals surface area contributed by atoms with Crippen LogP contribution in [0.5, 0.6) is 11.5 Å². The highest BCUT2D eigenvalue weighted by molar-refractivity contribution is 5.58. The first-order valence-corrected chi connectivity index (χ1v) is 9.74. The third-order valence-electron chi connectivity index (χ3n) is 6.16. The number of benzene rings is 1. The van der Waals surface area contributed by atoms with Gasteiger partial charge in [-0.1, -0.05) is 0 Å². The van der Waals surface area contributed by atoms with Gasteiger partial charge in [0.05, 0.1) is 7.11 Å². The highest BCUT2D eigenvalue weighted by atomic mass is 16.5. The van der Waals surface area contributed by atoms with Gasteiger partial charge in [-0.3, -0.25) is 0 Å². The second-order valence-corrected chi connectivity index (χ2v) is 7.96. The van der Waals surface area contributed by atoms with Gasteiger partial charge in [0.1, 0.15) is 17.1 Å². The van der Waals surface area contributed by atoms with Gasteiger partial charge in [-0.25, -0.2) is 0 Å². The topological polar surface area (TPSA) is 33.7 Å². The molecule has 25 heavy (non-hydrogen) atoms. The largest absolute Gasteiger partial charge is 0.496 e. The molecule has 1 atom stereocenters. The third-order valence-corrected chi connectivity index (χ3v) is 6.16. The molecule has 4 nitrogen and oxygen atoms in total. The predicted octanol–water partition coefficient (Wildman–Crippen LogP) is 3.39. The smallest absolute Gasteiger partial charge is 0.127 e. The molecule has 1 fully saturated rings. The lowest BCUT2D eigenvalue weighted by Crippen LogP contribution is -2.44. The van der Waals surface area contributed by atoms with E-state index in [2.05, 4.69) is 37.9 Å². The summed E-state index contributed by atoms with van der Waals surface area (Å²) in [5.74, 6) is 2.15. The Balaban J connectivity index is 1.69. The first-order chi connectivity index (χ1) is 11.9. The SMILES string of the molecule is COc1c(C)c(C)c2c(c1C)CCC(C)(CCCN1CCNCC1)O2. The van der Waals surface area contributed by atoms with Gasteiger partial charge in [0.2, 0.25) is 0 Å². The van der Waals surface area contributed by atoms with Crippen LogP contribution in [0, 0.1) is 20.8 Å². The number of ether oxygens (including phenoxy) is 2. The molecule has 0 aromatic heterocycles. The van der Waals surface area contributed by atoms with Gasteiger partial charge in [-0.15, -0.1) is 0 Å². The van der Waals surface area contributed by atoms with Crippen LogP contribution in [-0.2, 0) is 6.42 Å². The Bertz CT molecular complexity index is 623. The summed E-state index contributed by atoms with van der Waals surface area (Å²) in [6.45, 7) is 14.6. The van der Waals surface area contributed by atoms with Gasteiger partial charge < -0.3 is 19.7 Å². The Morgan fingerprint density at radius 2 is 1.84 bits per heavy atom. The molecule has 2 aliphatic rings. The number of piperazine rings is 1. The quantitative estimate of drug-likeness (QED) is 0.886. The van der Waals surface area contributed by atoms with Crippen LogP contribution in [0.3, 0.4) is 0 Å². The molecule has 0 saturated carbocycles. The fraction of sp³-hybridized carbons (Fsp3) is 0.714. The van der Waals surface area contributed by atoms with E-state index in [-0.39, 0.29) is 5.60 Å². The number of nitrogens with one attached hydrogen (secondary N) is 1. The van der Waals surface area contributed by atoms with Crippen LogP contribution in [0.4, 0.5) is 0 Å². The van der Waals surface area contributed by atoms with Gasteiger partial charge in [-0.05, 0) is 76.6 Å². The van der Waals surface area contributed by atoms with Crippen molar-refractivity contribution in [3.05, 3.63) is 22.3 Å². The molecule has 0 amide bonds. The first kappa shape index (κ1) is 18.5. The minimum atomic E-state index is -0.0424. The van der Waals surface area contributed by atoms with E-state index in [9.17, 15) is 0 Å². The van der Waals surface area contributed by atoms with Crippen molar-refractivity contribution in [1.29, 1.82) is 0 Å². The zero-order chi connectivity index (χ0) is 18.0. The minimum absolute atomic E-state index is 0.0424. The van der Waals surface area contributed by atoms with Crippen molar-refractivity contribution >= 4 is 0 Å². The normalized spacial score (nSPS) is 23.9. The van der Waals surface area contributed by atoms with E-state index in [1.54, 1.807) is 7.11 Å². The maximum atomic E-state index is 6.61. The summed E-state index contributed by atoms with van der Waals surface area (Å²) in [6, 6.07) is 0. The number of methoxy groups -OCH3 is 1. The van der Waals surface area contributed by atoms with Crippen LogP contribution in [0.15, 0.2) is 0 Å². The van der Waals surface area contributed by atoms with Crippen molar-refractivity contribution in [3.8, 4) is 11.5 Å². The van der Waals surface area contributed by atoms with E-state index >= 15 is 0 Å². The maximum Gasteiger partial charge on any atom is 0.127 e. The second-order valence-electron chi connectivity index (χ2n) is 7.96. The monoisotopic (exact) mass is 346 g/mol. The number of fused-ring (bicyclic) bond motifs is 1. The predicted molar refractivity (Wildman–Crippen MR) is 103 cm³/mol. The summed E-state index contributed by atoms with van der Waals surface area (Å²) < 4.78 is 12.3. The molecule has 3 rings (SSSR count). The van der Waals surface area contributed by atoms with Crippen LogP contribution in [0.1, 0.15) is 48.4 Å². The average Bonchev–Trinajstić information content (AvgIpc) is 2.61. The summed E-state index contributed by atoms with van der Waals surface area (Å²) in [5.41, 5.74) is 5.01. The molecule has 1 unspecified atom stereocenters. The summed E-state index contributed by atoms with van der Waals surface area (Å²) >= 11 is 0. The summed E-state index contributed by atoms with van der Waals surface area (Å²) in [4.78, 5) is 2.57. The van der Waals surface area contributed by atoms with Gasteiger partial charge >= 0.3 is 0 Å². The molecular formula is C21H34N2O2. The Hall–Kier alpha value is -1.26. The third kappa shape index (κ3) is 3.80. The molecule has 1 N–H and O–H groups in total.